The summed E-state index contributed by atoms with van der Waals surface area (Å²) in [5, 5.41) is 0. The minimum Gasteiger partial charge on any atom is -0.369 e. The van der Waals surface area contributed by atoms with Crippen LogP contribution in [-0.2, 0) is 11.3 Å². The van der Waals surface area contributed by atoms with Crippen molar-refractivity contribution in [1.82, 2.24) is 8.01 Å². The topological polar surface area (TPSA) is 26.8 Å². The maximum Gasteiger partial charge on any atom is 0.193 e. The second-order valence-corrected chi connectivity index (χ2v) is 7.97. The van der Waals surface area contributed by atoms with Gasteiger partial charge < -0.3 is 9.80 Å². The Bertz CT molecular complexity index is 458. The fourth-order valence-electron chi connectivity index (χ4n) is 2.42. The monoisotopic (exact) mass is 513 g/mol. The second-order valence-electron chi connectivity index (χ2n) is 5.41. The average molecular weight is 513 g/mol. The summed E-state index contributed by atoms with van der Waals surface area (Å²) in [6.45, 7) is 6.15. The van der Waals surface area contributed by atoms with E-state index in [4.69, 9.17) is 0 Å². The predicted molar refractivity (Wildman–Crippen MR) is 104 cm³/mol. The Balaban J connectivity index is 1.85. The molecule has 6 heteroatoms. The lowest BCUT2D eigenvalue weighted by Gasteiger charge is -2.33. The first-order valence-electron chi connectivity index (χ1n) is 7.16. The summed E-state index contributed by atoms with van der Waals surface area (Å²) in [4.78, 5) is 15.6. The number of hydrogen-bond acceptors (Lipinski definition) is 4. The van der Waals surface area contributed by atoms with Gasteiger partial charge in [-0.15, -0.1) is 0 Å². The Morgan fingerprint density at radius 2 is 1.81 bits per heavy atom. The van der Waals surface area contributed by atoms with Gasteiger partial charge in [-0.1, -0.05) is 12.1 Å². The quantitative estimate of drug-likeness (QED) is 0.333. The third-order valence-corrected chi connectivity index (χ3v) is 5.17. The number of benzene rings is 1. The molecule has 0 amide bonds. The van der Waals surface area contributed by atoms with Crippen molar-refractivity contribution in [1.29, 1.82) is 0 Å². The molecular weight excluding hydrogens is 492 g/mol. The molecule has 1 heterocycles. The van der Waals surface area contributed by atoms with E-state index in [0.29, 0.717) is 6.42 Å². The standard InChI is InChI=1S/C15H21I2N3O/c1-18(7-6-15(16)21)12-13-2-4-14(5-3-13)19-8-10-20(17)11-9-19/h2-5H,6-12H2,1H3. The zero-order valence-electron chi connectivity index (χ0n) is 12.3. The highest BCUT2D eigenvalue weighted by Gasteiger charge is 2.15. The SMILES string of the molecule is CN(CCC(=O)I)Cc1ccc(N2CCN(I)CC2)cc1. The number of hydrogen-bond donors (Lipinski definition) is 0. The molecule has 0 bridgehead atoms. The van der Waals surface area contributed by atoms with Crippen LogP contribution in [-0.4, -0.2) is 51.6 Å². The van der Waals surface area contributed by atoms with Crippen LogP contribution in [0.5, 0.6) is 0 Å². The van der Waals surface area contributed by atoms with Crippen LogP contribution in [0, 0.1) is 0 Å². The van der Waals surface area contributed by atoms with Crippen LogP contribution in [0.2, 0.25) is 0 Å². The molecule has 2 rings (SSSR count). The van der Waals surface area contributed by atoms with Crippen LogP contribution in [0.3, 0.4) is 0 Å². The fourth-order valence-corrected chi connectivity index (χ4v) is 3.09. The van der Waals surface area contributed by atoms with E-state index >= 15 is 0 Å². The minimum atomic E-state index is 0.226. The fraction of sp³-hybridized carbons (Fsp3) is 0.533. The van der Waals surface area contributed by atoms with Crippen molar-refractivity contribution in [3.63, 3.8) is 0 Å². The van der Waals surface area contributed by atoms with Crippen molar-refractivity contribution in [2.24, 2.45) is 0 Å². The van der Waals surface area contributed by atoms with Gasteiger partial charge in [-0.25, -0.2) is 3.11 Å². The van der Waals surface area contributed by atoms with E-state index in [-0.39, 0.29) is 3.79 Å². The normalized spacial score (nSPS) is 16.5. The smallest absolute Gasteiger partial charge is 0.193 e. The summed E-state index contributed by atoms with van der Waals surface area (Å²) in [6.07, 6.45) is 0.621. The highest BCUT2D eigenvalue weighted by atomic mass is 127. The van der Waals surface area contributed by atoms with Gasteiger partial charge in [0.2, 0.25) is 0 Å². The van der Waals surface area contributed by atoms with Crippen LogP contribution in [0.4, 0.5) is 5.69 Å². The van der Waals surface area contributed by atoms with Crippen molar-refractivity contribution in [2.45, 2.75) is 13.0 Å². The summed E-state index contributed by atoms with van der Waals surface area (Å²) in [5.41, 5.74) is 2.61. The molecular formula is C15H21I2N3O. The molecule has 0 aromatic heterocycles. The van der Waals surface area contributed by atoms with Gasteiger partial charge in [0.1, 0.15) is 0 Å². The first kappa shape index (κ1) is 17.4. The second kappa shape index (κ2) is 8.64. The van der Waals surface area contributed by atoms with Crippen molar-refractivity contribution in [3.8, 4) is 0 Å². The Labute approximate surface area is 154 Å². The van der Waals surface area contributed by atoms with E-state index in [0.717, 1.165) is 39.3 Å². The summed E-state index contributed by atoms with van der Waals surface area (Å²) in [5.74, 6) is 0. The van der Waals surface area contributed by atoms with Gasteiger partial charge in [-0.05, 0) is 47.3 Å². The minimum absolute atomic E-state index is 0.226. The van der Waals surface area contributed by atoms with E-state index in [1.807, 2.05) is 22.6 Å². The summed E-state index contributed by atoms with van der Waals surface area (Å²) >= 11 is 4.26. The van der Waals surface area contributed by atoms with Crippen molar-refractivity contribution >= 4 is 54.9 Å². The van der Waals surface area contributed by atoms with E-state index in [1.54, 1.807) is 0 Å². The number of rotatable bonds is 6. The predicted octanol–water partition coefficient (Wildman–Crippen LogP) is 2.94. The molecule has 0 unspecified atom stereocenters. The zero-order valence-corrected chi connectivity index (χ0v) is 16.6. The molecule has 0 spiro atoms. The van der Waals surface area contributed by atoms with Crippen LogP contribution < -0.4 is 4.90 Å². The van der Waals surface area contributed by atoms with Gasteiger partial charge in [0.15, 0.2) is 3.79 Å². The lowest BCUT2D eigenvalue weighted by molar-refractivity contribution is -0.109. The highest BCUT2D eigenvalue weighted by Crippen LogP contribution is 2.19. The van der Waals surface area contributed by atoms with E-state index in [2.05, 4.69) is 67.1 Å². The number of halogens is 2. The first-order valence-corrected chi connectivity index (χ1v) is 9.20. The summed E-state index contributed by atoms with van der Waals surface area (Å²) in [6, 6.07) is 8.84. The molecule has 1 aromatic carbocycles. The third-order valence-electron chi connectivity index (χ3n) is 3.67. The third kappa shape index (κ3) is 5.99. The first-order chi connectivity index (χ1) is 10.0. The van der Waals surface area contributed by atoms with Crippen molar-refractivity contribution in [2.75, 3.05) is 44.7 Å². The molecule has 0 aliphatic carbocycles. The largest absolute Gasteiger partial charge is 0.369 e. The molecule has 4 nitrogen and oxygen atoms in total. The maximum absolute atomic E-state index is 11.0. The highest BCUT2D eigenvalue weighted by molar-refractivity contribution is 14.1. The molecule has 21 heavy (non-hydrogen) atoms. The lowest BCUT2D eigenvalue weighted by Crippen LogP contribution is -2.42. The molecule has 0 N–H and O–H groups in total. The van der Waals surface area contributed by atoms with Crippen molar-refractivity contribution in [3.05, 3.63) is 29.8 Å². The lowest BCUT2D eigenvalue weighted by atomic mass is 10.1. The molecule has 1 saturated heterocycles. The van der Waals surface area contributed by atoms with Crippen LogP contribution in [0.1, 0.15) is 12.0 Å². The van der Waals surface area contributed by atoms with Crippen LogP contribution in [0.25, 0.3) is 0 Å². The van der Waals surface area contributed by atoms with E-state index in [9.17, 15) is 4.79 Å². The Morgan fingerprint density at radius 1 is 1.19 bits per heavy atom. The molecule has 1 aromatic rings. The average Bonchev–Trinajstić information content (AvgIpc) is 2.47. The number of piperazine rings is 1. The van der Waals surface area contributed by atoms with Gasteiger partial charge in [0.25, 0.3) is 0 Å². The van der Waals surface area contributed by atoms with Gasteiger partial charge in [0.05, 0.1) is 0 Å². The van der Waals surface area contributed by atoms with E-state index in [1.165, 1.54) is 11.3 Å². The van der Waals surface area contributed by atoms with Crippen LogP contribution >= 0.6 is 45.5 Å². The van der Waals surface area contributed by atoms with Crippen molar-refractivity contribution < 1.29 is 4.79 Å². The zero-order chi connectivity index (χ0) is 15.2. The molecule has 116 valence electrons. The molecule has 0 saturated carbocycles. The van der Waals surface area contributed by atoms with E-state index < -0.39 is 0 Å². The Kier molecular flexibility index (Phi) is 7.17. The van der Waals surface area contributed by atoms with Gasteiger partial charge in [-0.3, -0.25) is 4.79 Å². The number of carbonyl (C=O) groups excluding carboxylic acids is 1. The molecule has 1 aliphatic rings. The Morgan fingerprint density at radius 3 is 2.38 bits per heavy atom. The molecule has 0 radical (unpaired) electrons. The molecule has 1 aliphatic heterocycles. The van der Waals surface area contributed by atoms with Gasteiger partial charge in [-0.2, -0.15) is 0 Å². The van der Waals surface area contributed by atoms with Gasteiger partial charge in [0, 0.05) is 74.2 Å². The number of carbonyl (C=O) groups is 1. The van der Waals surface area contributed by atoms with Gasteiger partial charge >= 0.3 is 0 Å². The summed E-state index contributed by atoms with van der Waals surface area (Å²) < 4.78 is 2.57. The molecule has 0 atom stereocenters. The Hall–Kier alpha value is 0.0700. The summed E-state index contributed by atoms with van der Waals surface area (Å²) in [7, 11) is 2.06. The molecule has 1 fully saturated rings. The number of nitrogens with zero attached hydrogens (tertiary/aromatic N) is 3. The van der Waals surface area contributed by atoms with Crippen LogP contribution in [0.15, 0.2) is 24.3 Å². The number of anilines is 1. The maximum atomic E-state index is 11.0.